The molecule has 0 aliphatic rings. The summed E-state index contributed by atoms with van der Waals surface area (Å²) in [5.74, 6) is 0. The number of alkyl halides is 2. The molecule has 12 heavy (non-hydrogen) atoms. The molecule has 0 spiro atoms. The summed E-state index contributed by atoms with van der Waals surface area (Å²) in [6, 6.07) is 0. The quantitative estimate of drug-likeness (QED) is 0.379. The third-order valence-corrected chi connectivity index (χ3v) is 2.21. The fourth-order valence-electron chi connectivity index (χ4n) is 0.443. The fraction of sp³-hybridized carbons (Fsp3) is 0.600. The highest BCUT2D eigenvalue weighted by Gasteiger charge is 1.73. The van der Waals surface area contributed by atoms with Crippen molar-refractivity contribution < 1.29 is 0 Å². The maximum Gasteiger partial charge on any atom is 0.00342 e. The van der Waals surface area contributed by atoms with E-state index in [9.17, 15) is 0 Å². The molecule has 0 unspecified atom stereocenters. The number of hydrogen-bond acceptors (Lipinski definition) is 0. The van der Waals surface area contributed by atoms with Crippen LogP contribution in [0.1, 0.15) is 25.7 Å². The summed E-state index contributed by atoms with van der Waals surface area (Å²) in [4.78, 5) is 0. The van der Waals surface area contributed by atoms with Gasteiger partial charge in [-0.2, -0.15) is 0 Å². The van der Waals surface area contributed by atoms with E-state index in [-0.39, 0.29) is 0 Å². The zero-order valence-electron chi connectivity index (χ0n) is 7.57. The lowest BCUT2D eigenvalue weighted by Gasteiger charge is -1.80. The summed E-state index contributed by atoms with van der Waals surface area (Å²) in [7, 11) is 0. The second kappa shape index (κ2) is 17.5. The second-order valence-electron chi connectivity index (χ2n) is 2.24. The Morgan fingerprint density at radius 3 is 1.25 bits per heavy atom. The topological polar surface area (TPSA) is 0 Å². The Kier molecular flexibility index (Phi) is 21.8. The van der Waals surface area contributed by atoms with Crippen LogP contribution in [-0.2, 0) is 0 Å². The number of rotatable bonds is 6. The third kappa shape index (κ3) is 22.4. The van der Waals surface area contributed by atoms with Crippen molar-refractivity contribution in [3.63, 3.8) is 0 Å². The highest BCUT2D eigenvalue weighted by Crippen LogP contribution is 1.92. The summed E-state index contributed by atoms with van der Waals surface area (Å²) < 4.78 is 0. The van der Waals surface area contributed by atoms with E-state index in [1.165, 1.54) is 12.8 Å². The van der Waals surface area contributed by atoms with Gasteiger partial charge in [-0.05, 0) is 25.7 Å². The fourth-order valence-corrected chi connectivity index (χ4v) is 1.09. The number of unbranched alkanes of at least 4 members (excludes halogenated alkanes) is 2. The van der Waals surface area contributed by atoms with Crippen LogP contribution in [0.5, 0.6) is 0 Å². The molecular formula is C10H18Br2. The van der Waals surface area contributed by atoms with Crippen molar-refractivity contribution in [1.82, 2.24) is 0 Å². The first-order valence-corrected chi connectivity index (χ1v) is 6.41. The van der Waals surface area contributed by atoms with Gasteiger partial charge in [0.15, 0.2) is 0 Å². The minimum absolute atomic E-state index is 1.10. The van der Waals surface area contributed by atoms with E-state index < -0.39 is 0 Å². The van der Waals surface area contributed by atoms with E-state index in [0.29, 0.717) is 0 Å². The molecule has 0 aromatic carbocycles. The van der Waals surface area contributed by atoms with Crippen molar-refractivity contribution in [3.8, 4) is 0 Å². The first kappa shape index (κ1) is 14.9. The van der Waals surface area contributed by atoms with Crippen molar-refractivity contribution in [2.45, 2.75) is 25.7 Å². The first-order valence-electron chi connectivity index (χ1n) is 4.17. The zero-order valence-corrected chi connectivity index (χ0v) is 10.7. The molecule has 0 radical (unpaired) electrons. The molecule has 0 aromatic heterocycles. The normalized spacial score (nSPS) is 8.17. The molecule has 0 aliphatic carbocycles. The average molecular weight is 298 g/mol. The monoisotopic (exact) mass is 296 g/mol. The number of hydrogen-bond donors (Lipinski definition) is 0. The van der Waals surface area contributed by atoms with Crippen LogP contribution in [0.15, 0.2) is 25.3 Å². The molecule has 0 nitrogen and oxygen atoms in total. The lowest BCUT2D eigenvalue weighted by atomic mass is 10.3. The average Bonchev–Trinajstić information content (AvgIpc) is 2.12. The molecule has 0 rings (SSSR count). The van der Waals surface area contributed by atoms with Crippen molar-refractivity contribution in [2.75, 3.05) is 10.7 Å². The van der Waals surface area contributed by atoms with Gasteiger partial charge in [-0.1, -0.05) is 44.0 Å². The van der Waals surface area contributed by atoms with E-state index in [1.54, 1.807) is 0 Å². The van der Waals surface area contributed by atoms with Crippen LogP contribution in [0.25, 0.3) is 0 Å². The molecule has 0 bridgehead atoms. The molecule has 0 aliphatic heterocycles. The van der Waals surface area contributed by atoms with Crippen molar-refractivity contribution in [3.05, 3.63) is 25.3 Å². The molecule has 0 aromatic rings. The van der Waals surface area contributed by atoms with Gasteiger partial charge in [0.1, 0.15) is 0 Å². The smallest absolute Gasteiger partial charge is 0.00342 e. The van der Waals surface area contributed by atoms with Crippen molar-refractivity contribution >= 4 is 31.9 Å². The number of halogens is 2. The lowest BCUT2D eigenvalue weighted by Crippen LogP contribution is -1.66. The minimum atomic E-state index is 1.10. The van der Waals surface area contributed by atoms with Crippen molar-refractivity contribution in [1.29, 1.82) is 0 Å². The van der Waals surface area contributed by atoms with Gasteiger partial charge in [0.05, 0.1) is 0 Å². The lowest BCUT2D eigenvalue weighted by molar-refractivity contribution is 0.982. The van der Waals surface area contributed by atoms with Crippen LogP contribution in [0.2, 0.25) is 0 Å². The van der Waals surface area contributed by atoms with Crippen LogP contribution in [0, 0.1) is 0 Å². The van der Waals surface area contributed by atoms with E-state index in [0.717, 1.165) is 23.5 Å². The van der Waals surface area contributed by atoms with E-state index >= 15 is 0 Å². The highest BCUT2D eigenvalue weighted by molar-refractivity contribution is 9.09. The summed E-state index contributed by atoms with van der Waals surface area (Å²) in [6.07, 6.45) is 8.55. The SMILES string of the molecule is C=CCCCBr.C=CCCCBr. The van der Waals surface area contributed by atoms with Gasteiger partial charge in [-0.3, -0.25) is 0 Å². The van der Waals surface area contributed by atoms with E-state index in [4.69, 9.17) is 0 Å². The minimum Gasteiger partial charge on any atom is -0.103 e. The highest BCUT2D eigenvalue weighted by atomic mass is 79.9. The molecule has 0 saturated heterocycles. The van der Waals surface area contributed by atoms with Crippen LogP contribution >= 0.6 is 31.9 Å². The van der Waals surface area contributed by atoms with Gasteiger partial charge in [0.25, 0.3) is 0 Å². The maximum absolute atomic E-state index is 3.58. The molecule has 0 heterocycles. The Hall–Kier alpha value is 0.440. The Labute approximate surface area is 93.4 Å². The predicted molar refractivity (Wildman–Crippen MR) is 66.5 cm³/mol. The zero-order chi connectivity index (χ0) is 9.66. The molecule has 0 saturated carbocycles. The summed E-state index contributed by atoms with van der Waals surface area (Å²) >= 11 is 6.61. The van der Waals surface area contributed by atoms with Gasteiger partial charge >= 0.3 is 0 Å². The first-order chi connectivity index (χ1) is 5.83. The van der Waals surface area contributed by atoms with Gasteiger partial charge in [0, 0.05) is 10.7 Å². The summed E-state index contributed by atoms with van der Waals surface area (Å²) in [5, 5.41) is 2.19. The van der Waals surface area contributed by atoms with Crippen LogP contribution < -0.4 is 0 Å². The van der Waals surface area contributed by atoms with E-state index in [1.807, 2.05) is 12.2 Å². The molecule has 72 valence electrons. The summed E-state index contributed by atoms with van der Waals surface area (Å²) in [6.45, 7) is 7.15. The van der Waals surface area contributed by atoms with Gasteiger partial charge < -0.3 is 0 Å². The van der Waals surface area contributed by atoms with Crippen LogP contribution in [0.3, 0.4) is 0 Å². The summed E-state index contributed by atoms with van der Waals surface area (Å²) in [5.41, 5.74) is 0. The standard InChI is InChI=1S/2C5H9Br/c2*1-2-3-4-5-6/h2*2H,1,3-5H2. The van der Waals surface area contributed by atoms with Crippen LogP contribution in [0.4, 0.5) is 0 Å². The second-order valence-corrected chi connectivity index (χ2v) is 3.83. The number of allylic oxidation sites excluding steroid dienone is 2. The Bertz CT molecular complexity index is 77.8. The molecule has 0 amide bonds. The molecule has 0 fully saturated rings. The molecular weight excluding hydrogens is 280 g/mol. The Morgan fingerprint density at radius 1 is 0.833 bits per heavy atom. The largest absolute Gasteiger partial charge is 0.103 e. The predicted octanol–water partition coefficient (Wildman–Crippen LogP) is 4.70. The van der Waals surface area contributed by atoms with Crippen molar-refractivity contribution in [2.24, 2.45) is 0 Å². The molecule has 2 heteroatoms. The van der Waals surface area contributed by atoms with Gasteiger partial charge in [-0.25, -0.2) is 0 Å². The van der Waals surface area contributed by atoms with Gasteiger partial charge in [-0.15, -0.1) is 13.2 Å². The van der Waals surface area contributed by atoms with Gasteiger partial charge in [0.2, 0.25) is 0 Å². The Morgan fingerprint density at radius 2 is 1.17 bits per heavy atom. The Balaban J connectivity index is 0. The molecule has 0 N–H and O–H groups in total. The van der Waals surface area contributed by atoms with Crippen LogP contribution in [-0.4, -0.2) is 10.7 Å². The molecule has 0 atom stereocenters. The maximum atomic E-state index is 3.58. The van der Waals surface area contributed by atoms with E-state index in [2.05, 4.69) is 45.0 Å². The third-order valence-electron chi connectivity index (χ3n) is 1.08.